The molecule has 1 aromatic carbocycles. The number of aliphatic hydroxyl groups is 1. The number of aromatic nitrogens is 4. The zero-order chi connectivity index (χ0) is 110. The van der Waals surface area contributed by atoms with Crippen molar-refractivity contribution in [3.8, 4) is 5.75 Å². The van der Waals surface area contributed by atoms with Gasteiger partial charge >= 0.3 is 23.9 Å². The third-order valence-electron chi connectivity index (χ3n) is 23.2. The van der Waals surface area contributed by atoms with Crippen molar-refractivity contribution in [3.05, 3.63) is 66.3 Å². The average molecular weight is 2070 g/mol. The van der Waals surface area contributed by atoms with Gasteiger partial charge in [0.25, 0.3) is 0 Å². The number of aliphatic hydroxyl groups excluding tert-OH is 1. The molecule has 53 heteroatoms. The summed E-state index contributed by atoms with van der Waals surface area (Å²) in [4.78, 5) is 316. The fourth-order valence-corrected chi connectivity index (χ4v) is 15.0. The first-order chi connectivity index (χ1) is 68.0. The Morgan fingerprint density at radius 2 is 0.821 bits per heavy atom. The number of nitrogens with zero attached hydrogens (tertiary/aromatic N) is 3. The number of carbonyl (C=O) groups is 22. The predicted molar refractivity (Wildman–Crippen MR) is 522 cm³/mol. The molecule has 0 spiro atoms. The molecule has 0 bridgehead atoms. The van der Waals surface area contributed by atoms with Crippen molar-refractivity contribution < 1.29 is 136 Å². The van der Waals surface area contributed by atoms with Crippen LogP contribution in [0.2, 0.25) is 0 Å². The quantitative estimate of drug-likeness (QED) is 0.0235. The second-order valence-electron chi connectivity index (χ2n) is 37.2. The predicted octanol–water partition coefficient (Wildman–Crippen LogP) is -5.41. The van der Waals surface area contributed by atoms with Gasteiger partial charge < -0.3 is 147 Å². The van der Waals surface area contributed by atoms with E-state index in [4.69, 9.17) is 11.5 Å². The Morgan fingerprint density at radius 1 is 0.434 bits per heavy atom. The summed E-state index contributed by atoms with van der Waals surface area (Å²) in [6.07, 6.45) is 3.11. The fourth-order valence-electron chi connectivity index (χ4n) is 14.6. The lowest BCUT2D eigenvalue weighted by atomic mass is 9.85. The molecule has 0 aliphatic heterocycles. The second kappa shape index (κ2) is 62.5. The van der Waals surface area contributed by atoms with Crippen LogP contribution in [0.5, 0.6) is 5.75 Å². The van der Waals surface area contributed by atoms with Crippen molar-refractivity contribution in [3.63, 3.8) is 0 Å². The Morgan fingerprint density at radius 3 is 1.25 bits per heavy atom. The van der Waals surface area contributed by atoms with Gasteiger partial charge in [0, 0.05) is 51.5 Å². The molecule has 2 aromatic heterocycles. The molecule has 0 fully saturated rings. The number of hydrogen-bond acceptors (Lipinski definition) is 29. The number of carboxylic acids is 4. The summed E-state index contributed by atoms with van der Waals surface area (Å²) in [7, 11) is 1.18. The molecule has 18 amide bonds. The molecule has 29 N–H and O–H groups in total. The van der Waals surface area contributed by atoms with Gasteiger partial charge in [0.15, 0.2) is 0 Å². The number of carbonyl (C=O) groups excluding carboxylic acids is 18. The van der Waals surface area contributed by atoms with Gasteiger partial charge in [-0.2, -0.15) is 11.8 Å². The molecular weight excluding hydrogens is 1920 g/mol. The molecule has 19 atom stereocenters. The number of hydrogen-bond donors (Lipinski definition) is 27. The molecule has 0 aliphatic rings. The van der Waals surface area contributed by atoms with Crippen molar-refractivity contribution in [2.75, 3.05) is 45.3 Å². The van der Waals surface area contributed by atoms with Crippen molar-refractivity contribution in [1.82, 2.24) is 115 Å². The lowest BCUT2D eigenvalue weighted by Crippen LogP contribution is -2.62. The van der Waals surface area contributed by atoms with Crippen LogP contribution >= 0.6 is 11.8 Å². The zero-order valence-corrected chi connectivity index (χ0v) is 85.3. The van der Waals surface area contributed by atoms with E-state index in [9.17, 15) is 136 Å². The van der Waals surface area contributed by atoms with Gasteiger partial charge in [-0.05, 0) is 131 Å². The maximum Gasteiger partial charge on any atom is 0.326 e. The van der Waals surface area contributed by atoms with E-state index in [2.05, 4.69) is 110 Å². The number of thioether (sulfide) groups is 1. The van der Waals surface area contributed by atoms with Crippen LogP contribution in [0.3, 0.4) is 0 Å². The number of benzene rings is 1. The number of amides is 18. The molecular formula is C92H146N24O28S. The molecule has 3 aromatic rings. The van der Waals surface area contributed by atoms with E-state index < -0.39 is 320 Å². The topological polar surface area (TPSA) is 814 Å². The van der Waals surface area contributed by atoms with E-state index in [1.807, 2.05) is 0 Å². The lowest BCUT2D eigenvalue weighted by Gasteiger charge is -2.36. The molecule has 2 heterocycles. The highest BCUT2D eigenvalue weighted by molar-refractivity contribution is 7.98. The maximum absolute atomic E-state index is 14.7. The number of aromatic amines is 2. The number of rotatable bonds is 66. The van der Waals surface area contributed by atoms with Crippen LogP contribution in [0.4, 0.5) is 0 Å². The first-order valence-electron chi connectivity index (χ1n) is 47.5. The molecule has 808 valence electrons. The minimum Gasteiger partial charge on any atom is -0.508 e. The molecule has 145 heavy (non-hydrogen) atoms. The average Bonchev–Trinajstić information content (AvgIpc) is 1.65. The van der Waals surface area contributed by atoms with E-state index in [1.54, 1.807) is 68.6 Å². The summed E-state index contributed by atoms with van der Waals surface area (Å²) in [5.74, 6) is -26.4. The van der Waals surface area contributed by atoms with Crippen LogP contribution in [0.1, 0.15) is 191 Å². The van der Waals surface area contributed by atoms with E-state index in [1.165, 1.54) is 103 Å². The van der Waals surface area contributed by atoms with Gasteiger partial charge in [-0.3, -0.25) is 101 Å². The third kappa shape index (κ3) is 44.4. The summed E-state index contributed by atoms with van der Waals surface area (Å²) in [5, 5.41) is 102. The minimum atomic E-state index is -2.00. The first kappa shape index (κ1) is 125. The van der Waals surface area contributed by atoms with Crippen molar-refractivity contribution in [1.29, 1.82) is 0 Å². The maximum atomic E-state index is 14.7. The van der Waals surface area contributed by atoms with Gasteiger partial charge in [-0.15, -0.1) is 0 Å². The van der Waals surface area contributed by atoms with Gasteiger partial charge in [-0.25, -0.2) is 14.8 Å². The molecule has 0 radical (unpaired) electrons. The number of phenols is 1. The molecule has 0 saturated heterocycles. The van der Waals surface area contributed by atoms with Gasteiger partial charge in [-0.1, -0.05) is 101 Å². The fraction of sp³-hybridized carbons (Fsp3) is 0.630. The van der Waals surface area contributed by atoms with E-state index in [0.29, 0.717) is 18.4 Å². The van der Waals surface area contributed by atoms with Crippen LogP contribution in [0.25, 0.3) is 0 Å². The Labute approximate surface area is 843 Å². The number of imidazole rings is 2. The SMILES string of the molecule is CC[C@H](C)[C@H](NC(=O)[C@H](C)NC(=O)[C@H](C)N)C(=O)N[C@@H](CCSC)C(=O)N[C@@H](CCC(=O)O)C(=O)N[C@@H](Cc1c[nH]cn1)C(=O)N[C@H](C(=O)N[C@@H](CC(C)C)C(=O)N[C@@H](CC(=O)O)C(=O)NCC(=O)N[C@@H](CO)C(=O)NCC(=O)N[C@@H](Cc1ccc(O)cc1)C(=O)N[C@H](C(=O)N[C@@H](CCCCN)C(=O)N[C@@H](Cc1c[nH]cn1)C(=O)N[C@@H](C)C(=O)N[C@@H](CCC(=O)O)C(=O)N(C)[C@H](C(=O)O)C(C)(C)C)C(C)C)[C@@H](C)CC. The van der Waals surface area contributed by atoms with Crippen LogP contribution < -0.4 is 102 Å². The van der Waals surface area contributed by atoms with E-state index in [-0.39, 0.29) is 74.4 Å². The number of carboxylic acid groups (broad SMARTS) is 4. The molecule has 52 nitrogen and oxygen atoms in total. The van der Waals surface area contributed by atoms with Crippen molar-refractivity contribution in [2.24, 2.45) is 40.6 Å². The standard InChI is InChI=1S/C92H146N24O28S/c1-17-47(7)72(114-77(129)51(11)101-75(127)49(9)94)88(140)107-58(30-32-145-16)82(134)105-57(26-28-68(121)122)81(133)110-63(36-54-39-96-44-100-54)86(138)115-73(48(8)18-2)89(141)112-60(33-45(3)4)84(136)111-64(37-70(125)126)78(130)97-41-67(120)104-65(42-117)79(131)98-40-66(119)103-61(34-52-22-24-55(118)25-23-52)85(137)113-71(46(5)6)87(139)106-56(21-19-20-31-93)80(132)109-62(35-53-38-95-43-99-53)83(135)102-50(10)76(128)108-59(27-29-69(123)124)90(142)116(15)74(91(143)144)92(12,13)14/h22-25,38-39,43-51,56-65,71-74,117-118H,17-21,26-37,40-42,93-94H2,1-16H3,(H,95,99)(H,96,100)(H,97,130)(H,98,131)(H,101,127)(H,102,135)(H,103,119)(H,104,120)(H,105,134)(H,106,139)(H,107,140)(H,108,128)(H,109,132)(H,110,133)(H,111,136)(H,112,141)(H,113,137)(H,114,129)(H,115,138)(H,121,122)(H,123,124)(H,125,126)(H,143,144)/t47-,48-,49-,50-,51-,56-,57-,58-,59-,60-,61-,62-,63-,64-,65-,71-,72-,73-,74+/m0/s1. The molecule has 0 unspecified atom stereocenters. The Kier molecular flexibility index (Phi) is 54.0. The number of aliphatic carboxylic acids is 4. The van der Waals surface area contributed by atoms with E-state index in [0.717, 1.165) is 4.90 Å². The largest absolute Gasteiger partial charge is 0.508 e. The van der Waals surface area contributed by atoms with Gasteiger partial charge in [0.05, 0.1) is 56.2 Å². The minimum absolute atomic E-state index is 0.0504. The summed E-state index contributed by atoms with van der Waals surface area (Å²) in [6.45, 7) is 18.6. The van der Waals surface area contributed by atoms with Gasteiger partial charge in [0.1, 0.15) is 102 Å². The van der Waals surface area contributed by atoms with Gasteiger partial charge in [0.2, 0.25) is 106 Å². The first-order valence-corrected chi connectivity index (χ1v) is 48.9. The van der Waals surface area contributed by atoms with Crippen LogP contribution in [-0.4, -0.2) is 334 Å². The monoisotopic (exact) mass is 2070 g/mol. The number of nitrogens with one attached hydrogen (secondary N) is 19. The normalized spacial score (nSPS) is 15.2. The summed E-state index contributed by atoms with van der Waals surface area (Å²) in [5.41, 5.74) is 11.2. The highest BCUT2D eigenvalue weighted by atomic mass is 32.2. The number of likely N-dealkylation sites (N-methyl/N-ethyl adjacent to an activating group) is 1. The number of nitrogens with two attached hydrogens (primary N) is 2. The summed E-state index contributed by atoms with van der Waals surface area (Å²) in [6, 6.07) is -20.6. The lowest BCUT2D eigenvalue weighted by molar-refractivity contribution is -0.155. The summed E-state index contributed by atoms with van der Waals surface area (Å²) < 4.78 is 0. The molecule has 0 saturated carbocycles. The molecule has 0 aliphatic carbocycles. The highest BCUT2D eigenvalue weighted by Gasteiger charge is 2.44. The van der Waals surface area contributed by atoms with Crippen molar-refractivity contribution in [2.45, 2.75) is 296 Å². The number of H-pyrrole nitrogens is 2. The summed E-state index contributed by atoms with van der Waals surface area (Å²) >= 11 is 1.29. The number of aromatic hydroxyl groups is 1. The highest BCUT2D eigenvalue weighted by Crippen LogP contribution is 2.26. The van der Waals surface area contributed by atoms with Crippen molar-refractivity contribution >= 4 is 142 Å². The van der Waals surface area contributed by atoms with Crippen LogP contribution in [0.15, 0.2) is 49.3 Å². The zero-order valence-electron chi connectivity index (χ0n) is 84.5. The Balaban J connectivity index is 1.84. The van der Waals surface area contributed by atoms with E-state index >= 15 is 0 Å². The Hall–Kier alpha value is -14.0. The Bertz CT molecular complexity index is 4870. The third-order valence-corrected chi connectivity index (χ3v) is 23.8. The second-order valence-corrected chi connectivity index (χ2v) is 38.2. The number of phenolic OH excluding ortho intramolecular Hbond substituents is 1. The van der Waals surface area contributed by atoms with Crippen LogP contribution in [0, 0.1) is 29.1 Å². The van der Waals surface area contributed by atoms with Crippen LogP contribution in [-0.2, 0) is 125 Å². The molecule has 3 rings (SSSR count). The number of unbranched alkanes of at least 4 members (excludes halogenated alkanes) is 1. The smallest absolute Gasteiger partial charge is 0.326 e.